The monoisotopic (exact) mass is 434 g/mol. The number of piperidine rings is 1. The Labute approximate surface area is 171 Å². The second-order valence-electron chi connectivity index (χ2n) is 7.58. The zero-order valence-corrected chi connectivity index (χ0v) is 16.8. The summed E-state index contributed by atoms with van der Waals surface area (Å²) in [6, 6.07) is 19.8. The number of rotatable bonds is 1. The Morgan fingerprint density at radius 1 is 0.964 bits per heavy atom. The van der Waals surface area contributed by atoms with Crippen molar-refractivity contribution >= 4 is 44.2 Å². The Morgan fingerprint density at radius 2 is 1.71 bits per heavy atom. The lowest BCUT2D eigenvalue weighted by atomic mass is 9.73. The number of carbonyl (C=O) groups excluding carboxylic acids is 2. The van der Waals surface area contributed by atoms with Gasteiger partial charge in [0.2, 0.25) is 5.91 Å². The molecule has 1 N–H and O–H groups in total. The van der Waals surface area contributed by atoms with Gasteiger partial charge in [0.05, 0.1) is 5.41 Å². The maximum absolute atomic E-state index is 13.0. The van der Waals surface area contributed by atoms with E-state index in [1.54, 1.807) is 0 Å². The average Bonchev–Trinajstić information content (AvgIpc) is 2.99. The number of halogens is 1. The molecule has 4 nitrogen and oxygen atoms in total. The van der Waals surface area contributed by atoms with Gasteiger partial charge in [0, 0.05) is 28.8 Å². The van der Waals surface area contributed by atoms with E-state index in [1.165, 1.54) is 0 Å². The summed E-state index contributed by atoms with van der Waals surface area (Å²) in [5.74, 6) is 0.0897. The van der Waals surface area contributed by atoms with E-state index in [0.29, 0.717) is 31.5 Å². The van der Waals surface area contributed by atoms with E-state index in [9.17, 15) is 9.59 Å². The molecule has 0 aromatic heterocycles. The number of benzene rings is 3. The molecule has 2 heterocycles. The van der Waals surface area contributed by atoms with Gasteiger partial charge in [0.1, 0.15) is 0 Å². The van der Waals surface area contributed by atoms with Crippen LogP contribution >= 0.6 is 15.9 Å². The van der Waals surface area contributed by atoms with Crippen LogP contribution in [0.25, 0.3) is 10.8 Å². The van der Waals surface area contributed by atoms with Gasteiger partial charge < -0.3 is 10.2 Å². The SMILES string of the molecule is O=C(c1ccc2ccccc2c1)N1CCC2(CC1)C(=O)Nc1ccc(Br)cc12. The van der Waals surface area contributed by atoms with Gasteiger partial charge in [-0.25, -0.2) is 0 Å². The fourth-order valence-corrected chi connectivity index (χ4v) is 4.84. The fourth-order valence-electron chi connectivity index (χ4n) is 4.48. The topological polar surface area (TPSA) is 49.4 Å². The van der Waals surface area contributed by atoms with Crippen molar-refractivity contribution < 1.29 is 9.59 Å². The smallest absolute Gasteiger partial charge is 0.253 e. The first-order valence-electron chi connectivity index (χ1n) is 9.46. The summed E-state index contributed by atoms with van der Waals surface area (Å²) in [6.07, 6.45) is 1.28. The maximum Gasteiger partial charge on any atom is 0.253 e. The minimum absolute atomic E-state index is 0.0356. The Hall–Kier alpha value is -2.66. The van der Waals surface area contributed by atoms with Crippen LogP contribution in [-0.2, 0) is 10.2 Å². The summed E-state index contributed by atoms with van der Waals surface area (Å²) in [4.78, 5) is 27.7. The first-order chi connectivity index (χ1) is 13.6. The molecular formula is C23H19BrN2O2. The van der Waals surface area contributed by atoms with E-state index in [0.717, 1.165) is 26.5 Å². The fraction of sp³-hybridized carbons (Fsp3) is 0.217. The molecule has 0 aliphatic carbocycles. The van der Waals surface area contributed by atoms with Crippen molar-refractivity contribution in [1.29, 1.82) is 0 Å². The van der Waals surface area contributed by atoms with E-state index in [4.69, 9.17) is 0 Å². The van der Waals surface area contributed by atoms with Gasteiger partial charge in [-0.05, 0) is 59.5 Å². The lowest BCUT2D eigenvalue weighted by Crippen LogP contribution is -2.48. The zero-order valence-electron chi connectivity index (χ0n) is 15.2. The second-order valence-corrected chi connectivity index (χ2v) is 8.50. The van der Waals surface area contributed by atoms with Gasteiger partial charge in [-0.15, -0.1) is 0 Å². The predicted octanol–water partition coefficient (Wildman–Crippen LogP) is 4.73. The van der Waals surface area contributed by atoms with Crippen molar-refractivity contribution in [3.8, 4) is 0 Å². The lowest BCUT2D eigenvalue weighted by Gasteiger charge is -2.38. The number of carbonyl (C=O) groups is 2. The van der Waals surface area contributed by atoms with Crippen molar-refractivity contribution in [2.24, 2.45) is 0 Å². The molecule has 2 amide bonds. The van der Waals surface area contributed by atoms with Crippen LogP contribution in [0.15, 0.2) is 65.1 Å². The summed E-state index contributed by atoms with van der Waals surface area (Å²) in [7, 11) is 0. The normalized spacial score (nSPS) is 17.6. The van der Waals surface area contributed by atoms with Crippen LogP contribution in [0, 0.1) is 0 Å². The predicted molar refractivity (Wildman–Crippen MR) is 114 cm³/mol. The zero-order chi connectivity index (χ0) is 19.3. The summed E-state index contributed by atoms with van der Waals surface area (Å²) in [5, 5.41) is 5.21. The van der Waals surface area contributed by atoms with Gasteiger partial charge in [-0.2, -0.15) is 0 Å². The van der Waals surface area contributed by atoms with Crippen molar-refractivity contribution in [1.82, 2.24) is 4.90 Å². The molecular weight excluding hydrogens is 416 g/mol. The van der Waals surface area contributed by atoms with Crippen LogP contribution in [0.4, 0.5) is 5.69 Å². The number of nitrogens with zero attached hydrogens (tertiary/aromatic N) is 1. The number of anilines is 1. The summed E-state index contributed by atoms with van der Waals surface area (Å²) >= 11 is 3.52. The first kappa shape index (κ1) is 17.4. The van der Waals surface area contributed by atoms with Gasteiger partial charge >= 0.3 is 0 Å². The Kier molecular flexibility index (Phi) is 4.02. The molecule has 1 spiro atoms. The minimum Gasteiger partial charge on any atom is -0.339 e. The number of amides is 2. The summed E-state index contributed by atoms with van der Waals surface area (Å²) in [5.41, 5.74) is 2.11. The van der Waals surface area contributed by atoms with Gasteiger partial charge in [-0.1, -0.05) is 46.3 Å². The summed E-state index contributed by atoms with van der Waals surface area (Å²) in [6.45, 7) is 1.15. The molecule has 1 saturated heterocycles. The second kappa shape index (κ2) is 6.45. The third kappa shape index (κ3) is 2.65. The molecule has 0 saturated carbocycles. The molecule has 5 rings (SSSR count). The van der Waals surface area contributed by atoms with Crippen molar-refractivity contribution in [2.45, 2.75) is 18.3 Å². The van der Waals surface area contributed by atoms with Crippen LogP contribution < -0.4 is 5.32 Å². The van der Waals surface area contributed by atoms with Crippen LogP contribution in [0.3, 0.4) is 0 Å². The molecule has 0 radical (unpaired) electrons. The van der Waals surface area contributed by atoms with Gasteiger partial charge in [-0.3, -0.25) is 9.59 Å². The maximum atomic E-state index is 13.0. The number of nitrogens with one attached hydrogen (secondary N) is 1. The highest BCUT2D eigenvalue weighted by Crippen LogP contribution is 2.46. The summed E-state index contributed by atoms with van der Waals surface area (Å²) < 4.78 is 0.969. The molecule has 3 aromatic carbocycles. The number of hydrogen-bond acceptors (Lipinski definition) is 2. The Morgan fingerprint density at radius 3 is 2.50 bits per heavy atom. The van der Waals surface area contributed by atoms with Crippen molar-refractivity contribution in [2.75, 3.05) is 18.4 Å². The van der Waals surface area contributed by atoms with Gasteiger partial charge in [0.25, 0.3) is 5.91 Å². The molecule has 3 aromatic rings. The van der Waals surface area contributed by atoms with E-state index in [-0.39, 0.29) is 11.8 Å². The van der Waals surface area contributed by atoms with E-state index >= 15 is 0 Å². The molecule has 2 aliphatic rings. The quantitative estimate of drug-likeness (QED) is 0.601. The largest absolute Gasteiger partial charge is 0.339 e. The van der Waals surface area contributed by atoms with E-state index in [1.807, 2.05) is 65.6 Å². The number of hydrogen-bond donors (Lipinski definition) is 1. The van der Waals surface area contributed by atoms with Crippen LogP contribution in [0.2, 0.25) is 0 Å². The average molecular weight is 435 g/mol. The highest BCUT2D eigenvalue weighted by Gasteiger charge is 2.49. The first-order valence-corrected chi connectivity index (χ1v) is 10.3. The lowest BCUT2D eigenvalue weighted by molar-refractivity contribution is -0.122. The van der Waals surface area contributed by atoms with Crippen LogP contribution in [0.5, 0.6) is 0 Å². The minimum atomic E-state index is -0.528. The third-order valence-corrected chi connectivity index (χ3v) is 6.57. The standard InChI is InChI=1S/C23H19BrN2O2/c24-18-7-8-20-19(14-18)23(22(28)25-20)9-11-26(12-10-23)21(27)17-6-5-15-3-1-2-4-16(15)13-17/h1-8,13-14H,9-12H2,(H,25,28). The van der Waals surface area contributed by atoms with Crippen LogP contribution in [0.1, 0.15) is 28.8 Å². The van der Waals surface area contributed by atoms with Crippen molar-refractivity contribution in [3.63, 3.8) is 0 Å². The Bertz CT molecular complexity index is 1120. The molecule has 28 heavy (non-hydrogen) atoms. The van der Waals surface area contributed by atoms with Gasteiger partial charge in [0.15, 0.2) is 0 Å². The molecule has 1 fully saturated rings. The van der Waals surface area contributed by atoms with E-state index in [2.05, 4.69) is 21.2 Å². The van der Waals surface area contributed by atoms with Crippen molar-refractivity contribution in [3.05, 3.63) is 76.3 Å². The Balaban J connectivity index is 1.39. The molecule has 0 bridgehead atoms. The highest BCUT2D eigenvalue weighted by atomic mass is 79.9. The number of likely N-dealkylation sites (tertiary alicyclic amines) is 1. The highest BCUT2D eigenvalue weighted by molar-refractivity contribution is 9.10. The molecule has 2 aliphatic heterocycles. The third-order valence-electron chi connectivity index (χ3n) is 6.08. The molecule has 140 valence electrons. The van der Waals surface area contributed by atoms with E-state index < -0.39 is 5.41 Å². The molecule has 0 unspecified atom stereocenters. The molecule has 0 atom stereocenters. The number of fused-ring (bicyclic) bond motifs is 3. The molecule has 5 heteroatoms. The van der Waals surface area contributed by atoms with Crippen LogP contribution in [-0.4, -0.2) is 29.8 Å².